The zero-order chi connectivity index (χ0) is 13.7. The quantitative estimate of drug-likeness (QED) is 0.682. The normalized spacial score (nSPS) is 16.9. The molecule has 0 aliphatic carbocycles. The van der Waals surface area contributed by atoms with Gasteiger partial charge in [0.1, 0.15) is 12.2 Å². The van der Waals surface area contributed by atoms with Gasteiger partial charge in [-0.05, 0) is 11.8 Å². The lowest BCUT2D eigenvalue weighted by Gasteiger charge is -2.35. The van der Waals surface area contributed by atoms with E-state index in [4.69, 9.17) is 0 Å². The van der Waals surface area contributed by atoms with Crippen LogP contribution in [0.5, 0.6) is 0 Å². The number of hydrogen-bond donors (Lipinski definition) is 2. The molecule has 0 radical (unpaired) electrons. The molecule has 0 aromatic heterocycles. The number of rotatable bonds is 7. The first-order chi connectivity index (χ1) is 7.64. The summed E-state index contributed by atoms with van der Waals surface area (Å²) in [6.45, 7) is 6.65. The molecule has 4 heteroatoms. The molecule has 0 aliphatic heterocycles. The Hall–Kier alpha value is -0.220. The molecule has 104 valence electrons. The summed E-state index contributed by atoms with van der Waals surface area (Å²) >= 11 is 0. The van der Waals surface area contributed by atoms with Crippen LogP contribution in [-0.4, -0.2) is 28.3 Å². The van der Waals surface area contributed by atoms with E-state index in [9.17, 15) is 19.0 Å². The Bertz CT molecular complexity index is 212. The van der Waals surface area contributed by atoms with E-state index >= 15 is 0 Å². The second kappa shape index (κ2) is 6.64. The van der Waals surface area contributed by atoms with E-state index in [0.717, 1.165) is 19.3 Å². The van der Waals surface area contributed by atoms with Gasteiger partial charge in [-0.2, -0.15) is 0 Å². The van der Waals surface area contributed by atoms with Crippen molar-refractivity contribution in [2.45, 2.75) is 77.9 Å². The van der Waals surface area contributed by atoms with Gasteiger partial charge in [-0.15, -0.1) is 0 Å². The van der Waals surface area contributed by atoms with Crippen molar-refractivity contribution in [3.63, 3.8) is 0 Å². The smallest absolute Gasteiger partial charge is 0.299 e. The lowest BCUT2D eigenvalue weighted by molar-refractivity contribution is -0.205. The zero-order valence-corrected chi connectivity index (χ0v) is 11.3. The summed E-state index contributed by atoms with van der Waals surface area (Å²) < 4.78 is 27.4. The Morgan fingerprint density at radius 3 is 1.94 bits per heavy atom. The average Bonchev–Trinajstić information content (AvgIpc) is 2.21. The molecule has 0 heterocycles. The highest BCUT2D eigenvalue weighted by molar-refractivity contribution is 4.90. The Balaban J connectivity index is 4.29. The number of alkyl halides is 2. The highest BCUT2D eigenvalue weighted by Crippen LogP contribution is 2.36. The maximum Gasteiger partial charge on any atom is 0.299 e. The average molecular weight is 252 g/mol. The third kappa shape index (κ3) is 5.30. The fourth-order valence-electron chi connectivity index (χ4n) is 1.72. The monoisotopic (exact) mass is 252 g/mol. The van der Waals surface area contributed by atoms with E-state index in [0.29, 0.717) is 6.42 Å². The predicted octanol–water partition coefficient (Wildman–Crippen LogP) is 3.36. The van der Waals surface area contributed by atoms with Crippen molar-refractivity contribution < 1.29 is 19.0 Å². The lowest BCUT2D eigenvalue weighted by atomic mass is 9.82. The Morgan fingerprint density at radius 1 is 1.00 bits per heavy atom. The summed E-state index contributed by atoms with van der Waals surface area (Å²) in [6.07, 6.45) is -0.113. The third-order valence-corrected chi connectivity index (χ3v) is 2.96. The minimum atomic E-state index is -3.44. The summed E-state index contributed by atoms with van der Waals surface area (Å²) in [5.41, 5.74) is -0.937. The Kier molecular flexibility index (Phi) is 6.56. The van der Waals surface area contributed by atoms with E-state index in [2.05, 4.69) is 0 Å². The van der Waals surface area contributed by atoms with Crippen LogP contribution in [0.1, 0.15) is 59.8 Å². The molecule has 0 spiro atoms. The lowest BCUT2D eigenvalue weighted by Crippen LogP contribution is -2.50. The molecule has 0 aromatic rings. The summed E-state index contributed by atoms with van der Waals surface area (Å²) in [5.74, 6) is -3.44. The van der Waals surface area contributed by atoms with Crippen LogP contribution in [0.4, 0.5) is 8.78 Å². The van der Waals surface area contributed by atoms with Gasteiger partial charge >= 0.3 is 0 Å². The van der Waals surface area contributed by atoms with E-state index in [1.165, 1.54) is 20.8 Å². The molecule has 0 aliphatic rings. The third-order valence-electron chi connectivity index (χ3n) is 2.96. The SMILES string of the molecule is CCCCCC[C@H](O)C(F)(F)[C@H](O)C(C)(C)C. The molecule has 0 unspecified atom stereocenters. The minimum absolute atomic E-state index is 0.0418. The number of hydrogen-bond acceptors (Lipinski definition) is 2. The highest BCUT2D eigenvalue weighted by Gasteiger charge is 2.50. The topological polar surface area (TPSA) is 40.5 Å². The van der Waals surface area contributed by atoms with E-state index in [1.54, 1.807) is 0 Å². The van der Waals surface area contributed by atoms with E-state index in [1.807, 2.05) is 6.92 Å². The van der Waals surface area contributed by atoms with Crippen LogP contribution in [-0.2, 0) is 0 Å². The molecule has 0 bridgehead atoms. The number of aliphatic hydroxyl groups is 2. The molecule has 0 rings (SSSR count). The minimum Gasteiger partial charge on any atom is -0.387 e. The molecule has 2 N–H and O–H groups in total. The molecule has 2 nitrogen and oxygen atoms in total. The molecular weight excluding hydrogens is 226 g/mol. The van der Waals surface area contributed by atoms with Crippen LogP contribution in [0.2, 0.25) is 0 Å². The summed E-state index contributed by atoms with van der Waals surface area (Å²) in [5, 5.41) is 19.1. The molecule has 0 saturated carbocycles. The Morgan fingerprint density at radius 2 is 1.53 bits per heavy atom. The van der Waals surface area contributed by atoms with Gasteiger partial charge in [0.15, 0.2) is 0 Å². The first kappa shape index (κ1) is 16.8. The zero-order valence-electron chi connectivity index (χ0n) is 11.3. The maximum absolute atomic E-state index is 13.7. The Labute approximate surface area is 103 Å². The van der Waals surface area contributed by atoms with Crippen molar-refractivity contribution in [2.75, 3.05) is 0 Å². The van der Waals surface area contributed by atoms with Crippen molar-refractivity contribution in [3.05, 3.63) is 0 Å². The van der Waals surface area contributed by atoms with Crippen molar-refractivity contribution in [1.82, 2.24) is 0 Å². The fourth-order valence-corrected chi connectivity index (χ4v) is 1.72. The molecular formula is C13H26F2O2. The maximum atomic E-state index is 13.7. The van der Waals surface area contributed by atoms with Crippen LogP contribution >= 0.6 is 0 Å². The van der Waals surface area contributed by atoms with Gasteiger partial charge in [-0.1, -0.05) is 53.4 Å². The van der Waals surface area contributed by atoms with Crippen LogP contribution in [0.15, 0.2) is 0 Å². The molecule has 17 heavy (non-hydrogen) atoms. The van der Waals surface area contributed by atoms with Gasteiger partial charge in [-0.3, -0.25) is 0 Å². The van der Waals surface area contributed by atoms with Crippen LogP contribution in [0, 0.1) is 5.41 Å². The molecule has 0 aromatic carbocycles. The molecule has 0 fully saturated rings. The second-order valence-corrected chi connectivity index (χ2v) is 5.81. The summed E-state index contributed by atoms with van der Waals surface area (Å²) in [4.78, 5) is 0. The standard InChI is InChI=1S/C13H26F2O2/c1-5-6-7-8-9-10(16)13(14,15)11(17)12(2,3)4/h10-11,16-17H,5-9H2,1-4H3/t10-,11+/m0/s1. The number of aliphatic hydroxyl groups excluding tert-OH is 2. The largest absolute Gasteiger partial charge is 0.387 e. The number of unbranched alkanes of at least 4 members (excludes halogenated alkanes) is 3. The van der Waals surface area contributed by atoms with Crippen LogP contribution < -0.4 is 0 Å². The van der Waals surface area contributed by atoms with Crippen LogP contribution in [0.25, 0.3) is 0 Å². The first-order valence-electron chi connectivity index (χ1n) is 6.38. The van der Waals surface area contributed by atoms with Gasteiger partial charge in [0, 0.05) is 0 Å². The molecule has 0 amide bonds. The highest BCUT2D eigenvalue weighted by atomic mass is 19.3. The predicted molar refractivity (Wildman–Crippen MR) is 65.2 cm³/mol. The van der Waals surface area contributed by atoms with Gasteiger partial charge in [-0.25, -0.2) is 8.78 Å². The summed E-state index contributed by atoms with van der Waals surface area (Å²) in [7, 11) is 0. The summed E-state index contributed by atoms with van der Waals surface area (Å²) in [6, 6.07) is 0. The van der Waals surface area contributed by atoms with Gasteiger partial charge in [0.25, 0.3) is 5.92 Å². The van der Waals surface area contributed by atoms with Crippen LogP contribution in [0.3, 0.4) is 0 Å². The van der Waals surface area contributed by atoms with E-state index < -0.39 is 23.5 Å². The fraction of sp³-hybridized carbons (Fsp3) is 1.00. The molecule has 0 saturated heterocycles. The van der Waals surface area contributed by atoms with E-state index in [-0.39, 0.29) is 6.42 Å². The second-order valence-electron chi connectivity index (χ2n) is 5.81. The number of halogens is 2. The van der Waals surface area contributed by atoms with Gasteiger partial charge < -0.3 is 10.2 Å². The van der Waals surface area contributed by atoms with Gasteiger partial charge in [0.05, 0.1) is 0 Å². The first-order valence-corrected chi connectivity index (χ1v) is 6.38. The molecule has 2 atom stereocenters. The van der Waals surface area contributed by atoms with Crippen molar-refractivity contribution in [2.24, 2.45) is 5.41 Å². The van der Waals surface area contributed by atoms with Crippen molar-refractivity contribution in [1.29, 1.82) is 0 Å². The van der Waals surface area contributed by atoms with Crippen molar-refractivity contribution in [3.8, 4) is 0 Å². The van der Waals surface area contributed by atoms with Crippen molar-refractivity contribution >= 4 is 0 Å². The van der Waals surface area contributed by atoms with Gasteiger partial charge in [0.2, 0.25) is 0 Å².